The zero-order valence-corrected chi connectivity index (χ0v) is 13.0. The lowest BCUT2D eigenvalue weighted by atomic mass is 10.1. The Bertz CT molecular complexity index is 721. The summed E-state index contributed by atoms with van der Waals surface area (Å²) in [7, 11) is 2.89. The highest BCUT2D eigenvalue weighted by molar-refractivity contribution is 5.90. The van der Waals surface area contributed by atoms with Gasteiger partial charge in [-0.2, -0.15) is 0 Å². The van der Waals surface area contributed by atoms with Crippen molar-refractivity contribution in [1.82, 2.24) is 9.97 Å². The first-order chi connectivity index (χ1) is 11.0. The second-order valence-corrected chi connectivity index (χ2v) is 4.86. The number of nitrogens with zero attached hydrogens (tertiary/aromatic N) is 4. The van der Waals surface area contributed by atoms with E-state index in [-0.39, 0.29) is 23.1 Å². The summed E-state index contributed by atoms with van der Waals surface area (Å²) in [5.41, 5.74) is 0.517. The number of nitro groups is 1. The molecule has 0 aliphatic rings. The van der Waals surface area contributed by atoms with Gasteiger partial charge >= 0.3 is 11.7 Å². The van der Waals surface area contributed by atoms with Crippen molar-refractivity contribution < 1.29 is 14.5 Å². The summed E-state index contributed by atoms with van der Waals surface area (Å²) < 4.78 is 4.56. The number of methoxy groups -OCH3 is 1. The molecule has 2 aromatic heterocycles. The molecule has 0 spiro atoms. The van der Waals surface area contributed by atoms with E-state index in [1.54, 1.807) is 24.2 Å². The summed E-state index contributed by atoms with van der Waals surface area (Å²) in [5, 5.41) is 11.3. The van der Waals surface area contributed by atoms with Crippen LogP contribution in [0.25, 0.3) is 0 Å². The van der Waals surface area contributed by atoms with Crippen molar-refractivity contribution in [3.8, 4) is 0 Å². The predicted octanol–water partition coefficient (Wildman–Crippen LogP) is 2.37. The molecule has 0 aliphatic carbocycles. The number of hydrogen-bond donors (Lipinski definition) is 0. The predicted molar refractivity (Wildman–Crippen MR) is 83.3 cm³/mol. The van der Waals surface area contributed by atoms with Crippen LogP contribution in [-0.2, 0) is 4.74 Å². The van der Waals surface area contributed by atoms with Crippen molar-refractivity contribution in [3.05, 3.63) is 58.0 Å². The molecule has 0 aromatic carbocycles. The molecule has 120 valence electrons. The Hall–Kier alpha value is -3.03. The second kappa shape index (κ2) is 6.82. The van der Waals surface area contributed by atoms with Gasteiger partial charge in [0, 0.05) is 25.5 Å². The van der Waals surface area contributed by atoms with Gasteiger partial charge in [0.1, 0.15) is 0 Å². The Morgan fingerprint density at radius 2 is 2.13 bits per heavy atom. The highest BCUT2D eigenvalue weighted by Crippen LogP contribution is 2.31. The second-order valence-electron chi connectivity index (χ2n) is 4.86. The van der Waals surface area contributed by atoms with E-state index in [4.69, 9.17) is 0 Å². The van der Waals surface area contributed by atoms with Gasteiger partial charge in [0.05, 0.1) is 29.3 Å². The molecule has 0 N–H and O–H groups in total. The molecule has 2 rings (SSSR count). The fourth-order valence-corrected chi connectivity index (χ4v) is 2.09. The number of pyridine rings is 2. The van der Waals surface area contributed by atoms with E-state index in [0.717, 1.165) is 11.8 Å². The molecular formula is C15H16N4O4. The van der Waals surface area contributed by atoms with Crippen molar-refractivity contribution in [3.63, 3.8) is 0 Å². The van der Waals surface area contributed by atoms with Crippen LogP contribution in [0.15, 0.2) is 36.7 Å². The Balaban J connectivity index is 2.41. The lowest BCUT2D eigenvalue weighted by Crippen LogP contribution is -2.24. The first kappa shape index (κ1) is 16.3. The first-order valence-corrected chi connectivity index (χ1v) is 6.82. The Kier molecular flexibility index (Phi) is 4.85. The van der Waals surface area contributed by atoms with Crippen LogP contribution in [0.4, 0.5) is 11.5 Å². The number of hydrogen-bond acceptors (Lipinski definition) is 7. The lowest BCUT2D eigenvalue weighted by Gasteiger charge is -2.25. The summed E-state index contributed by atoms with van der Waals surface area (Å²) in [6.45, 7) is 1.86. The number of ether oxygens (including phenoxy) is 1. The van der Waals surface area contributed by atoms with Gasteiger partial charge in [-0.15, -0.1) is 0 Å². The Labute approximate surface area is 132 Å². The van der Waals surface area contributed by atoms with Gasteiger partial charge in [-0.05, 0) is 19.1 Å². The molecule has 0 saturated carbocycles. The maximum atomic E-state index is 11.5. The number of rotatable bonds is 5. The minimum absolute atomic E-state index is 0.0295. The molecule has 8 nitrogen and oxygen atoms in total. The summed E-state index contributed by atoms with van der Waals surface area (Å²) >= 11 is 0. The lowest BCUT2D eigenvalue weighted by molar-refractivity contribution is -0.384. The average molecular weight is 316 g/mol. The number of anilines is 1. The molecule has 0 radical (unpaired) electrons. The van der Waals surface area contributed by atoms with Gasteiger partial charge in [0.25, 0.3) is 0 Å². The highest BCUT2D eigenvalue weighted by atomic mass is 16.6. The Morgan fingerprint density at radius 3 is 2.70 bits per heavy atom. The third-order valence-corrected chi connectivity index (χ3v) is 3.50. The van der Waals surface area contributed by atoms with Gasteiger partial charge in [0.2, 0.25) is 5.82 Å². The number of carbonyl (C=O) groups is 1. The number of aromatic nitrogens is 2. The van der Waals surface area contributed by atoms with Crippen LogP contribution < -0.4 is 4.90 Å². The summed E-state index contributed by atoms with van der Waals surface area (Å²) in [5.74, 6) is -0.520. The quantitative estimate of drug-likeness (QED) is 0.474. The van der Waals surface area contributed by atoms with Gasteiger partial charge in [0.15, 0.2) is 0 Å². The monoisotopic (exact) mass is 316 g/mol. The molecule has 0 saturated heterocycles. The smallest absolute Gasteiger partial charge is 0.339 e. The topological polar surface area (TPSA) is 98.5 Å². The van der Waals surface area contributed by atoms with E-state index >= 15 is 0 Å². The molecule has 23 heavy (non-hydrogen) atoms. The van der Waals surface area contributed by atoms with Crippen molar-refractivity contribution in [2.45, 2.75) is 13.0 Å². The standard InChI is InChI=1S/C15H16N4O4/c1-10(12-6-4-5-7-16-12)18(2)14-13(19(21)22)8-11(9-17-14)15(20)23-3/h4-10H,1-3H3/t10-/m0/s1. The van der Waals surface area contributed by atoms with Gasteiger partial charge in [-0.25, -0.2) is 9.78 Å². The molecule has 2 aromatic rings. The normalized spacial score (nSPS) is 11.6. The number of carbonyl (C=O) groups excluding carboxylic acids is 1. The third-order valence-electron chi connectivity index (χ3n) is 3.50. The van der Waals surface area contributed by atoms with Crippen molar-refractivity contribution >= 4 is 17.5 Å². The van der Waals surface area contributed by atoms with Crippen LogP contribution in [-0.4, -0.2) is 35.0 Å². The third kappa shape index (κ3) is 3.42. The summed E-state index contributed by atoms with van der Waals surface area (Å²) in [6, 6.07) is 6.40. The van der Waals surface area contributed by atoms with Crippen LogP contribution in [0.2, 0.25) is 0 Å². The fraction of sp³-hybridized carbons (Fsp3) is 0.267. The average Bonchev–Trinajstić information content (AvgIpc) is 2.59. The van der Waals surface area contributed by atoms with Crippen LogP contribution in [0.3, 0.4) is 0 Å². The van der Waals surface area contributed by atoms with Gasteiger partial charge in [-0.3, -0.25) is 15.1 Å². The van der Waals surface area contributed by atoms with Gasteiger partial charge in [-0.1, -0.05) is 6.07 Å². The van der Waals surface area contributed by atoms with Crippen LogP contribution >= 0.6 is 0 Å². The van der Waals surface area contributed by atoms with Crippen LogP contribution in [0.5, 0.6) is 0 Å². The maximum absolute atomic E-state index is 11.5. The summed E-state index contributed by atoms with van der Waals surface area (Å²) in [6.07, 6.45) is 2.91. The van der Waals surface area contributed by atoms with E-state index in [9.17, 15) is 14.9 Å². The maximum Gasteiger partial charge on any atom is 0.339 e. The molecule has 1 atom stereocenters. The van der Waals surface area contributed by atoms with E-state index < -0.39 is 10.9 Å². The molecule has 8 heteroatoms. The SMILES string of the molecule is COC(=O)c1cnc(N(C)[C@@H](C)c2ccccn2)c([N+](=O)[O-])c1. The Morgan fingerprint density at radius 1 is 1.39 bits per heavy atom. The van der Waals surface area contributed by atoms with Crippen molar-refractivity contribution in [2.75, 3.05) is 19.1 Å². The highest BCUT2D eigenvalue weighted by Gasteiger charge is 2.25. The largest absolute Gasteiger partial charge is 0.465 e. The minimum atomic E-state index is -0.674. The minimum Gasteiger partial charge on any atom is -0.465 e. The van der Waals surface area contributed by atoms with E-state index in [0.29, 0.717) is 0 Å². The van der Waals surface area contributed by atoms with Crippen LogP contribution in [0.1, 0.15) is 29.0 Å². The number of esters is 1. The summed E-state index contributed by atoms with van der Waals surface area (Å²) in [4.78, 5) is 32.2. The molecular weight excluding hydrogens is 300 g/mol. The van der Waals surface area contributed by atoms with Gasteiger partial charge < -0.3 is 9.64 Å². The van der Waals surface area contributed by atoms with Crippen molar-refractivity contribution in [1.29, 1.82) is 0 Å². The molecule has 0 unspecified atom stereocenters. The first-order valence-electron chi connectivity index (χ1n) is 6.82. The van der Waals surface area contributed by atoms with E-state index in [1.807, 2.05) is 19.1 Å². The van der Waals surface area contributed by atoms with Crippen LogP contribution in [0, 0.1) is 10.1 Å². The van der Waals surface area contributed by atoms with Crippen molar-refractivity contribution in [2.24, 2.45) is 0 Å². The zero-order chi connectivity index (χ0) is 17.0. The molecule has 0 aliphatic heterocycles. The zero-order valence-electron chi connectivity index (χ0n) is 13.0. The fourth-order valence-electron chi connectivity index (χ4n) is 2.09. The molecule has 2 heterocycles. The van der Waals surface area contributed by atoms with E-state index in [1.165, 1.54) is 13.3 Å². The molecule has 0 amide bonds. The molecule has 0 bridgehead atoms. The van der Waals surface area contributed by atoms with E-state index in [2.05, 4.69) is 14.7 Å². The molecule has 0 fully saturated rings.